The monoisotopic (exact) mass is 176 g/mol. The van der Waals surface area contributed by atoms with Crippen molar-refractivity contribution in [1.29, 1.82) is 0 Å². The fourth-order valence-electron chi connectivity index (χ4n) is 1.21. The second-order valence-corrected chi connectivity index (χ2v) is 2.52. The number of rotatable bonds is 3. The van der Waals surface area contributed by atoms with Crippen molar-refractivity contribution in [3.8, 4) is 11.5 Å². The van der Waals surface area contributed by atoms with Crippen LogP contribution in [0.25, 0.3) is 12.2 Å². The van der Waals surface area contributed by atoms with E-state index in [0.717, 1.165) is 5.56 Å². The zero-order chi connectivity index (χ0) is 9.84. The summed E-state index contributed by atoms with van der Waals surface area (Å²) in [5.41, 5.74) is 1.41. The molecule has 0 atom stereocenters. The zero-order valence-electron chi connectivity index (χ0n) is 7.58. The first-order chi connectivity index (χ1) is 6.24. The van der Waals surface area contributed by atoms with Gasteiger partial charge in [0.15, 0.2) is 0 Å². The Hall–Kier alpha value is -1.70. The molecule has 13 heavy (non-hydrogen) atoms. The summed E-state index contributed by atoms with van der Waals surface area (Å²) in [5, 5.41) is 9.47. The lowest BCUT2D eigenvalue weighted by molar-refractivity contribution is 0.411. The predicted octanol–water partition coefficient (Wildman–Crippen LogP) is 2.69. The van der Waals surface area contributed by atoms with E-state index in [2.05, 4.69) is 13.2 Å². The average Bonchev–Trinajstić information content (AvgIpc) is 2.17. The minimum absolute atomic E-state index is 0.186. The maximum Gasteiger partial charge on any atom is 0.126 e. The van der Waals surface area contributed by atoms with E-state index in [-0.39, 0.29) is 5.75 Å². The minimum atomic E-state index is 0.186. The third-order valence-electron chi connectivity index (χ3n) is 1.85. The summed E-state index contributed by atoms with van der Waals surface area (Å²) in [6.07, 6.45) is 3.21. The smallest absolute Gasteiger partial charge is 0.126 e. The highest BCUT2D eigenvalue weighted by atomic mass is 16.5. The van der Waals surface area contributed by atoms with Gasteiger partial charge in [-0.25, -0.2) is 0 Å². The van der Waals surface area contributed by atoms with Crippen molar-refractivity contribution in [2.24, 2.45) is 0 Å². The molecular weight excluding hydrogens is 164 g/mol. The van der Waals surface area contributed by atoms with Gasteiger partial charge >= 0.3 is 0 Å². The molecule has 0 aliphatic heterocycles. The summed E-state index contributed by atoms with van der Waals surface area (Å²) in [7, 11) is 1.58. The molecule has 2 heteroatoms. The van der Waals surface area contributed by atoms with Gasteiger partial charge in [0.1, 0.15) is 11.5 Å². The Morgan fingerprint density at radius 1 is 1.23 bits per heavy atom. The Balaban J connectivity index is 3.44. The van der Waals surface area contributed by atoms with Crippen molar-refractivity contribution in [1.82, 2.24) is 0 Å². The highest BCUT2D eigenvalue weighted by Crippen LogP contribution is 2.31. The normalized spacial score (nSPS) is 9.31. The Kier molecular flexibility index (Phi) is 2.75. The Morgan fingerprint density at radius 3 is 2.31 bits per heavy atom. The van der Waals surface area contributed by atoms with Gasteiger partial charge in [0.25, 0.3) is 0 Å². The Bertz CT molecular complexity index is 340. The summed E-state index contributed by atoms with van der Waals surface area (Å²) in [6.45, 7) is 7.26. The van der Waals surface area contributed by atoms with Gasteiger partial charge in [0, 0.05) is 11.1 Å². The van der Waals surface area contributed by atoms with Crippen molar-refractivity contribution >= 4 is 12.2 Å². The van der Waals surface area contributed by atoms with Gasteiger partial charge in [0.2, 0.25) is 0 Å². The van der Waals surface area contributed by atoms with Gasteiger partial charge in [-0.2, -0.15) is 0 Å². The molecule has 0 amide bonds. The third kappa shape index (κ3) is 1.56. The topological polar surface area (TPSA) is 29.5 Å². The minimum Gasteiger partial charge on any atom is -0.507 e. The van der Waals surface area contributed by atoms with Crippen molar-refractivity contribution in [2.45, 2.75) is 0 Å². The molecule has 2 nitrogen and oxygen atoms in total. The number of phenolic OH excluding ortho intramolecular Hbond substituents is 1. The van der Waals surface area contributed by atoms with E-state index in [4.69, 9.17) is 4.74 Å². The van der Waals surface area contributed by atoms with Gasteiger partial charge < -0.3 is 9.84 Å². The van der Waals surface area contributed by atoms with E-state index in [1.807, 2.05) is 0 Å². The summed E-state index contributed by atoms with van der Waals surface area (Å²) < 4.78 is 5.10. The molecule has 1 aromatic carbocycles. The van der Waals surface area contributed by atoms with Crippen LogP contribution in [0.15, 0.2) is 25.3 Å². The van der Waals surface area contributed by atoms with Crippen LogP contribution < -0.4 is 4.74 Å². The van der Waals surface area contributed by atoms with Crippen LogP contribution in [0.3, 0.4) is 0 Å². The molecule has 0 bridgehead atoms. The standard InChI is InChI=1S/C11H12O2/c1-4-8-9(5-2)11(13-3)7-6-10(8)12/h4-7,12H,1-2H2,3H3. The molecule has 0 saturated heterocycles. The maximum atomic E-state index is 9.47. The average molecular weight is 176 g/mol. The molecule has 0 spiro atoms. The first kappa shape index (κ1) is 9.39. The van der Waals surface area contributed by atoms with Gasteiger partial charge in [-0.3, -0.25) is 0 Å². The number of benzene rings is 1. The molecule has 0 heterocycles. The first-order valence-corrected chi connectivity index (χ1v) is 3.89. The van der Waals surface area contributed by atoms with E-state index in [1.54, 1.807) is 31.4 Å². The highest BCUT2D eigenvalue weighted by Gasteiger charge is 2.07. The number of phenols is 1. The van der Waals surface area contributed by atoms with Crippen LogP contribution in [-0.4, -0.2) is 12.2 Å². The van der Waals surface area contributed by atoms with Crippen LogP contribution in [0.4, 0.5) is 0 Å². The van der Waals surface area contributed by atoms with Gasteiger partial charge in [-0.05, 0) is 12.1 Å². The van der Waals surface area contributed by atoms with E-state index in [9.17, 15) is 5.11 Å². The van der Waals surface area contributed by atoms with Crippen LogP contribution >= 0.6 is 0 Å². The molecule has 1 rings (SSSR count). The summed E-state index contributed by atoms with van der Waals surface area (Å²) in [5.74, 6) is 0.869. The largest absolute Gasteiger partial charge is 0.507 e. The fourth-order valence-corrected chi connectivity index (χ4v) is 1.21. The van der Waals surface area contributed by atoms with E-state index in [0.29, 0.717) is 11.3 Å². The van der Waals surface area contributed by atoms with Crippen molar-refractivity contribution in [3.63, 3.8) is 0 Å². The van der Waals surface area contributed by atoms with Crippen LogP contribution in [-0.2, 0) is 0 Å². The quantitative estimate of drug-likeness (QED) is 0.767. The molecule has 0 radical (unpaired) electrons. The molecule has 1 aromatic rings. The highest BCUT2D eigenvalue weighted by molar-refractivity contribution is 5.72. The van der Waals surface area contributed by atoms with Crippen molar-refractivity contribution < 1.29 is 9.84 Å². The zero-order valence-corrected chi connectivity index (χ0v) is 7.58. The van der Waals surface area contributed by atoms with E-state index in [1.165, 1.54) is 0 Å². The van der Waals surface area contributed by atoms with Crippen LogP contribution in [0.5, 0.6) is 11.5 Å². The van der Waals surface area contributed by atoms with E-state index >= 15 is 0 Å². The van der Waals surface area contributed by atoms with Crippen molar-refractivity contribution in [3.05, 3.63) is 36.4 Å². The third-order valence-corrected chi connectivity index (χ3v) is 1.85. The molecular formula is C11H12O2. The molecule has 0 aromatic heterocycles. The van der Waals surface area contributed by atoms with Gasteiger partial charge in [-0.15, -0.1) is 0 Å². The first-order valence-electron chi connectivity index (χ1n) is 3.89. The van der Waals surface area contributed by atoms with Crippen LogP contribution in [0, 0.1) is 0 Å². The number of hydrogen-bond acceptors (Lipinski definition) is 2. The molecule has 68 valence electrons. The lowest BCUT2D eigenvalue weighted by atomic mass is 10.1. The van der Waals surface area contributed by atoms with Crippen LogP contribution in [0.1, 0.15) is 11.1 Å². The number of methoxy groups -OCH3 is 1. The lowest BCUT2D eigenvalue weighted by Crippen LogP contribution is -1.89. The number of hydrogen-bond donors (Lipinski definition) is 1. The molecule has 0 aliphatic rings. The Morgan fingerprint density at radius 2 is 1.85 bits per heavy atom. The summed E-state index contributed by atoms with van der Waals surface area (Å²) >= 11 is 0. The van der Waals surface area contributed by atoms with Gasteiger partial charge in [-0.1, -0.05) is 25.3 Å². The SMILES string of the molecule is C=Cc1c(O)ccc(OC)c1C=C. The molecule has 0 aliphatic carbocycles. The molecule has 0 saturated carbocycles. The predicted molar refractivity (Wildman–Crippen MR) is 54.8 cm³/mol. The Labute approximate surface area is 77.8 Å². The number of aromatic hydroxyl groups is 1. The van der Waals surface area contributed by atoms with Gasteiger partial charge in [0.05, 0.1) is 7.11 Å². The second-order valence-electron chi connectivity index (χ2n) is 2.52. The number of ether oxygens (including phenoxy) is 1. The van der Waals surface area contributed by atoms with Crippen molar-refractivity contribution in [2.75, 3.05) is 7.11 Å². The lowest BCUT2D eigenvalue weighted by Gasteiger charge is -2.09. The maximum absolute atomic E-state index is 9.47. The fraction of sp³-hybridized carbons (Fsp3) is 0.0909. The summed E-state index contributed by atoms with van der Waals surface area (Å²) in [4.78, 5) is 0. The molecule has 1 N–H and O–H groups in total. The molecule has 0 fully saturated rings. The van der Waals surface area contributed by atoms with E-state index < -0.39 is 0 Å². The molecule has 0 unspecified atom stereocenters. The summed E-state index contributed by atoms with van der Waals surface area (Å²) in [6, 6.07) is 3.27. The van der Waals surface area contributed by atoms with Crippen LogP contribution in [0.2, 0.25) is 0 Å². The second kappa shape index (κ2) is 3.81.